The van der Waals surface area contributed by atoms with Gasteiger partial charge in [-0.1, -0.05) is 30.3 Å². The summed E-state index contributed by atoms with van der Waals surface area (Å²) in [5.74, 6) is 0. The monoisotopic (exact) mass is 209 g/mol. The van der Waals surface area contributed by atoms with E-state index in [4.69, 9.17) is 5.11 Å². The summed E-state index contributed by atoms with van der Waals surface area (Å²) in [4.78, 5) is 10.1. The van der Waals surface area contributed by atoms with Crippen molar-refractivity contribution in [2.75, 3.05) is 6.54 Å². The quantitative estimate of drug-likeness (QED) is 0.683. The van der Waals surface area contributed by atoms with E-state index >= 15 is 0 Å². The molecule has 0 spiro atoms. The van der Waals surface area contributed by atoms with E-state index in [-0.39, 0.29) is 6.54 Å². The molecule has 4 heteroatoms. The number of nitrogens with one attached hydrogen (secondary N) is 1. The summed E-state index contributed by atoms with van der Waals surface area (Å²) < 4.78 is 0. The molecule has 0 aromatic heterocycles. The van der Waals surface area contributed by atoms with Crippen molar-refractivity contribution >= 4 is 6.09 Å². The van der Waals surface area contributed by atoms with Crippen molar-refractivity contribution in [3.8, 4) is 0 Å². The summed E-state index contributed by atoms with van der Waals surface area (Å²) in [6, 6.07) is 9.62. The second kappa shape index (κ2) is 6.03. The number of hydrogen-bond donors (Lipinski definition) is 3. The number of carbonyl (C=O) groups is 1. The minimum Gasteiger partial charge on any atom is -0.465 e. The van der Waals surface area contributed by atoms with Crippen LogP contribution in [-0.4, -0.2) is 29.0 Å². The lowest BCUT2D eigenvalue weighted by molar-refractivity contribution is 0.160. The highest BCUT2D eigenvalue weighted by Crippen LogP contribution is 2.04. The largest absolute Gasteiger partial charge is 0.465 e. The van der Waals surface area contributed by atoms with E-state index in [2.05, 4.69) is 5.32 Å². The fourth-order valence-electron chi connectivity index (χ4n) is 1.33. The van der Waals surface area contributed by atoms with Gasteiger partial charge in [0.15, 0.2) is 0 Å². The number of amides is 1. The van der Waals surface area contributed by atoms with Crippen molar-refractivity contribution in [1.29, 1.82) is 0 Å². The maximum atomic E-state index is 10.1. The van der Waals surface area contributed by atoms with Crippen LogP contribution in [0.2, 0.25) is 0 Å². The maximum Gasteiger partial charge on any atom is 0.404 e. The molecule has 0 heterocycles. The van der Waals surface area contributed by atoms with Gasteiger partial charge in [-0.25, -0.2) is 4.79 Å². The van der Waals surface area contributed by atoms with Gasteiger partial charge in [-0.05, 0) is 18.4 Å². The molecular weight excluding hydrogens is 194 g/mol. The van der Waals surface area contributed by atoms with Crippen LogP contribution < -0.4 is 5.32 Å². The third-order valence-electron chi connectivity index (χ3n) is 2.07. The highest BCUT2D eigenvalue weighted by Gasteiger charge is 2.05. The molecule has 0 radical (unpaired) electrons. The molecule has 0 saturated carbocycles. The fourth-order valence-corrected chi connectivity index (χ4v) is 1.33. The fraction of sp³-hybridized carbons (Fsp3) is 0.364. The third kappa shape index (κ3) is 5.02. The van der Waals surface area contributed by atoms with Gasteiger partial charge in [-0.3, -0.25) is 0 Å². The van der Waals surface area contributed by atoms with Crippen LogP contribution in [0, 0.1) is 0 Å². The number of benzene rings is 1. The van der Waals surface area contributed by atoms with Crippen LogP contribution in [0.25, 0.3) is 0 Å². The van der Waals surface area contributed by atoms with Crippen molar-refractivity contribution < 1.29 is 15.0 Å². The number of aliphatic hydroxyl groups excluding tert-OH is 1. The Morgan fingerprint density at radius 1 is 1.33 bits per heavy atom. The van der Waals surface area contributed by atoms with Gasteiger partial charge in [0.1, 0.15) is 0 Å². The Balaban J connectivity index is 2.24. The summed E-state index contributed by atoms with van der Waals surface area (Å²) in [5.41, 5.74) is 1.06. The Bertz CT molecular complexity index is 300. The van der Waals surface area contributed by atoms with E-state index in [0.29, 0.717) is 12.8 Å². The molecule has 0 bridgehead atoms. The van der Waals surface area contributed by atoms with E-state index in [1.807, 2.05) is 30.3 Å². The molecule has 1 aromatic rings. The molecule has 0 aliphatic carbocycles. The minimum atomic E-state index is -1.05. The van der Waals surface area contributed by atoms with Gasteiger partial charge in [0.25, 0.3) is 0 Å². The van der Waals surface area contributed by atoms with Crippen molar-refractivity contribution in [3.63, 3.8) is 0 Å². The van der Waals surface area contributed by atoms with E-state index < -0.39 is 12.2 Å². The smallest absolute Gasteiger partial charge is 0.404 e. The Labute approximate surface area is 88.6 Å². The number of hydrogen-bond acceptors (Lipinski definition) is 2. The molecule has 1 atom stereocenters. The molecule has 15 heavy (non-hydrogen) atoms. The molecule has 1 aromatic carbocycles. The first-order chi connectivity index (χ1) is 7.18. The lowest BCUT2D eigenvalue weighted by atomic mass is 10.1. The van der Waals surface area contributed by atoms with Gasteiger partial charge in [0.2, 0.25) is 0 Å². The van der Waals surface area contributed by atoms with Crippen LogP contribution >= 0.6 is 0 Å². The van der Waals surface area contributed by atoms with E-state index in [1.54, 1.807) is 0 Å². The van der Waals surface area contributed by atoms with Crippen LogP contribution in [0.15, 0.2) is 30.3 Å². The Kier molecular flexibility index (Phi) is 4.63. The van der Waals surface area contributed by atoms with Crippen LogP contribution in [-0.2, 0) is 6.42 Å². The standard InChI is InChI=1S/C11H15NO3/c13-10(6-7-12-11(14)15)8-9-4-2-1-3-5-9/h1-5,10,12-13H,6-8H2,(H,14,15). The zero-order valence-corrected chi connectivity index (χ0v) is 8.39. The first kappa shape index (κ1) is 11.5. The molecule has 1 amide bonds. The second-order valence-corrected chi connectivity index (χ2v) is 3.36. The second-order valence-electron chi connectivity index (χ2n) is 3.36. The lowest BCUT2D eigenvalue weighted by Crippen LogP contribution is -2.26. The average molecular weight is 209 g/mol. The first-order valence-electron chi connectivity index (χ1n) is 4.87. The van der Waals surface area contributed by atoms with Crippen molar-refractivity contribution in [1.82, 2.24) is 5.32 Å². The zero-order chi connectivity index (χ0) is 11.1. The topological polar surface area (TPSA) is 69.6 Å². The van der Waals surface area contributed by atoms with Crippen LogP contribution in [0.4, 0.5) is 4.79 Å². The summed E-state index contributed by atoms with van der Waals surface area (Å²) in [6.07, 6.45) is -0.565. The average Bonchev–Trinajstić information content (AvgIpc) is 2.18. The highest BCUT2D eigenvalue weighted by atomic mass is 16.4. The van der Waals surface area contributed by atoms with Crippen LogP contribution in [0.1, 0.15) is 12.0 Å². The van der Waals surface area contributed by atoms with Gasteiger partial charge in [0.05, 0.1) is 6.10 Å². The van der Waals surface area contributed by atoms with Gasteiger partial charge in [-0.15, -0.1) is 0 Å². The normalized spacial score (nSPS) is 12.1. The molecule has 0 fully saturated rings. The highest BCUT2D eigenvalue weighted by molar-refractivity contribution is 5.64. The molecule has 82 valence electrons. The van der Waals surface area contributed by atoms with Gasteiger partial charge >= 0.3 is 6.09 Å². The van der Waals surface area contributed by atoms with E-state index in [1.165, 1.54) is 0 Å². The first-order valence-corrected chi connectivity index (χ1v) is 4.87. The van der Waals surface area contributed by atoms with Crippen molar-refractivity contribution in [2.24, 2.45) is 0 Å². The summed E-state index contributed by atoms with van der Waals surface area (Å²) in [6.45, 7) is 0.281. The molecule has 1 rings (SSSR count). The van der Waals surface area contributed by atoms with Gasteiger partial charge < -0.3 is 15.5 Å². The van der Waals surface area contributed by atoms with E-state index in [0.717, 1.165) is 5.56 Å². The molecular formula is C11H15NO3. The number of aliphatic hydroxyl groups is 1. The third-order valence-corrected chi connectivity index (χ3v) is 2.07. The Morgan fingerprint density at radius 3 is 2.60 bits per heavy atom. The number of carboxylic acid groups (broad SMARTS) is 1. The molecule has 3 N–H and O–H groups in total. The van der Waals surface area contributed by atoms with Crippen molar-refractivity contribution in [3.05, 3.63) is 35.9 Å². The molecule has 4 nitrogen and oxygen atoms in total. The predicted octanol–water partition coefficient (Wildman–Crippen LogP) is 1.25. The van der Waals surface area contributed by atoms with E-state index in [9.17, 15) is 9.90 Å². The SMILES string of the molecule is O=C(O)NCCC(O)Cc1ccccc1. The predicted molar refractivity (Wildman–Crippen MR) is 56.8 cm³/mol. The van der Waals surface area contributed by atoms with Crippen LogP contribution in [0.3, 0.4) is 0 Å². The molecule has 0 aliphatic heterocycles. The molecule has 0 aliphatic rings. The minimum absolute atomic E-state index is 0.281. The molecule has 1 unspecified atom stereocenters. The molecule has 0 saturated heterocycles. The number of rotatable bonds is 5. The maximum absolute atomic E-state index is 10.1. The Morgan fingerprint density at radius 2 is 2.00 bits per heavy atom. The van der Waals surface area contributed by atoms with Gasteiger partial charge in [0, 0.05) is 6.54 Å². The summed E-state index contributed by atoms with van der Waals surface area (Å²) >= 11 is 0. The van der Waals surface area contributed by atoms with Crippen LogP contribution in [0.5, 0.6) is 0 Å². The van der Waals surface area contributed by atoms with Gasteiger partial charge in [-0.2, -0.15) is 0 Å². The summed E-state index contributed by atoms with van der Waals surface area (Å²) in [5, 5.41) is 20.1. The lowest BCUT2D eigenvalue weighted by Gasteiger charge is -2.10. The zero-order valence-electron chi connectivity index (χ0n) is 8.39. The van der Waals surface area contributed by atoms with Crippen molar-refractivity contribution in [2.45, 2.75) is 18.9 Å². The Hall–Kier alpha value is -1.55. The summed E-state index contributed by atoms with van der Waals surface area (Å²) in [7, 11) is 0.